The molecule has 0 aromatic carbocycles. The molecule has 4 nitrogen and oxygen atoms in total. The highest BCUT2D eigenvalue weighted by atomic mass is 16.2. The minimum Gasteiger partial charge on any atom is -0.354 e. The van der Waals surface area contributed by atoms with E-state index in [-0.39, 0.29) is 5.91 Å². The Morgan fingerprint density at radius 3 is 2.82 bits per heavy atom. The van der Waals surface area contributed by atoms with Crippen LogP contribution in [0.2, 0.25) is 0 Å². The molecule has 0 radical (unpaired) electrons. The summed E-state index contributed by atoms with van der Waals surface area (Å²) in [5.41, 5.74) is 6.54. The van der Waals surface area contributed by atoms with E-state index in [0.717, 1.165) is 12.1 Å². The lowest BCUT2D eigenvalue weighted by Crippen LogP contribution is -2.40. The molecule has 0 unspecified atom stereocenters. The van der Waals surface area contributed by atoms with Crippen molar-refractivity contribution in [3.63, 3.8) is 0 Å². The normalized spacial score (nSPS) is 13.7. The third-order valence-corrected chi connectivity index (χ3v) is 2.30. The number of carbonyl (C=O) groups excluding carboxylic acids is 1. The molecule has 0 aromatic rings. The molecule has 0 saturated heterocycles. The third kappa shape index (κ3) is 7.47. The molecule has 0 spiro atoms. The number of carbonyl (C=O) groups is 1. The van der Waals surface area contributed by atoms with Crippen LogP contribution in [0.25, 0.3) is 0 Å². The Balaban J connectivity index is 3.96. The van der Waals surface area contributed by atoms with Crippen molar-refractivity contribution in [1.29, 1.82) is 0 Å². The quantitative estimate of drug-likeness (QED) is 0.499. The molecular formula is C13H23N3O. The highest BCUT2D eigenvalue weighted by Crippen LogP contribution is 2.01. The van der Waals surface area contributed by atoms with Crippen molar-refractivity contribution >= 4 is 12.6 Å². The number of hydrogen-bond acceptors (Lipinski definition) is 3. The lowest BCUT2D eigenvalue weighted by Gasteiger charge is -2.10. The first-order chi connectivity index (χ1) is 8.15. The van der Waals surface area contributed by atoms with E-state index in [9.17, 15) is 4.79 Å². The van der Waals surface area contributed by atoms with E-state index in [2.05, 4.69) is 17.0 Å². The highest BCUT2D eigenvalue weighted by Gasteiger charge is 2.10. The summed E-state index contributed by atoms with van der Waals surface area (Å²) in [6.07, 6.45) is 7.99. The Morgan fingerprint density at radius 2 is 2.29 bits per heavy atom. The summed E-state index contributed by atoms with van der Waals surface area (Å²) in [4.78, 5) is 15.4. The van der Waals surface area contributed by atoms with Gasteiger partial charge in [0.25, 0.3) is 0 Å². The van der Waals surface area contributed by atoms with E-state index in [1.807, 2.05) is 32.1 Å². The van der Waals surface area contributed by atoms with E-state index in [1.165, 1.54) is 0 Å². The number of allylic oxidation sites excluding steroid dienone is 3. The van der Waals surface area contributed by atoms with Crippen LogP contribution in [0, 0.1) is 0 Å². The number of nitrogens with one attached hydrogen (secondary N) is 1. The van der Waals surface area contributed by atoms with Gasteiger partial charge in [0, 0.05) is 18.7 Å². The maximum absolute atomic E-state index is 11.5. The van der Waals surface area contributed by atoms with Gasteiger partial charge < -0.3 is 11.1 Å². The number of hydrogen-bond donors (Lipinski definition) is 2. The average molecular weight is 237 g/mol. The summed E-state index contributed by atoms with van der Waals surface area (Å²) in [5.74, 6) is -0.0960. The second kappa shape index (κ2) is 9.78. The highest BCUT2D eigenvalue weighted by molar-refractivity contribution is 5.81. The SMILES string of the molecule is C=N/C(=C\C=C/C)CCNC(=O)[C@@H](N)CCC. The molecule has 0 aliphatic heterocycles. The zero-order valence-electron chi connectivity index (χ0n) is 10.8. The average Bonchev–Trinajstić information content (AvgIpc) is 2.33. The minimum absolute atomic E-state index is 0.0960. The van der Waals surface area contributed by atoms with E-state index >= 15 is 0 Å². The Labute approximate surface area is 104 Å². The third-order valence-electron chi connectivity index (χ3n) is 2.30. The number of nitrogens with zero attached hydrogens (tertiary/aromatic N) is 1. The lowest BCUT2D eigenvalue weighted by atomic mass is 10.1. The van der Waals surface area contributed by atoms with Crippen LogP contribution < -0.4 is 11.1 Å². The lowest BCUT2D eigenvalue weighted by molar-refractivity contribution is -0.122. The van der Waals surface area contributed by atoms with E-state index in [4.69, 9.17) is 5.73 Å². The summed E-state index contributed by atoms with van der Waals surface area (Å²) in [7, 11) is 0. The summed E-state index contributed by atoms with van der Waals surface area (Å²) in [6, 6.07) is -0.403. The Hall–Kier alpha value is -1.42. The van der Waals surface area contributed by atoms with Crippen molar-refractivity contribution in [2.75, 3.05) is 6.54 Å². The van der Waals surface area contributed by atoms with Crippen LogP contribution in [0.3, 0.4) is 0 Å². The van der Waals surface area contributed by atoms with E-state index in [1.54, 1.807) is 0 Å². The zero-order chi connectivity index (χ0) is 13.1. The molecule has 0 aliphatic rings. The first kappa shape index (κ1) is 15.6. The fourth-order valence-electron chi connectivity index (χ4n) is 1.31. The second-order valence-corrected chi connectivity index (χ2v) is 3.78. The molecule has 96 valence electrons. The van der Waals surface area contributed by atoms with Crippen molar-refractivity contribution in [2.45, 2.75) is 39.2 Å². The first-order valence-electron chi connectivity index (χ1n) is 5.97. The molecular weight excluding hydrogens is 214 g/mol. The first-order valence-corrected chi connectivity index (χ1v) is 5.97. The molecule has 3 N–H and O–H groups in total. The predicted octanol–water partition coefficient (Wildman–Crippen LogP) is 1.78. The van der Waals surface area contributed by atoms with Crippen molar-refractivity contribution in [3.8, 4) is 0 Å². The molecule has 1 amide bonds. The molecule has 0 bridgehead atoms. The largest absolute Gasteiger partial charge is 0.354 e. The van der Waals surface area contributed by atoms with Crippen LogP contribution in [0.1, 0.15) is 33.1 Å². The van der Waals surface area contributed by atoms with Crippen molar-refractivity contribution in [2.24, 2.45) is 10.7 Å². The monoisotopic (exact) mass is 237 g/mol. The van der Waals surface area contributed by atoms with E-state index < -0.39 is 6.04 Å². The van der Waals surface area contributed by atoms with Gasteiger partial charge in [0.1, 0.15) is 0 Å². The smallest absolute Gasteiger partial charge is 0.236 e. The summed E-state index contributed by atoms with van der Waals surface area (Å²) >= 11 is 0. The molecule has 0 aliphatic carbocycles. The van der Waals surface area contributed by atoms with Crippen LogP contribution in [0.5, 0.6) is 0 Å². The van der Waals surface area contributed by atoms with Gasteiger partial charge in [-0.2, -0.15) is 0 Å². The van der Waals surface area contributed by atoms with Crippen LogP contribution in [0.15, 0.2) is 28.9 Å². The summed E-state index contributed by atoms with van der Waals surface area (Å²) in [5, 5.41) is 2.79. The molecule has 0 fully saturated rings. The van der Waals surface area contributed by atoms with Gasteiger partial charge >= 0.3 is 0 Å². The molecule has 0 aromatic heterocycles. The second-order valence-electron chi connectivity index (χ2n) is 3.78. The van der Waals surface area contributed by atoms with Gasteiger partial charge in [0.05, 0.1) is 6.04 Å². The van der Waals surface area contributed by atoms with Crippen molar-refractivity contribution in [1.82, 2.24) is 5.32 Å². The summed E-state index contributed by atoms with van der Waals surface area (Å²) < 4.78 is 0. The predicted molar refractivity (Wildman–Crippen MR) is 73.0 cm³/mol. The van der Waals surface area contributed by atoms with Crippen molar-refractivity contribution in [3.05, 3.63) is 23.9 Å². The molecule has 0 saturated carbocycles. The fraction of sp³-hybridized carbons (Fsp3) is 0.538. The minimum atomic E-state index is -0.403. The van der Waals surface area contributed by atoms with Crippen LogP contribution >= 0.6 is 0 Å². The van der Waals surface area contributed by atoms with Gasteiger partial charge in [-0.05, 0) is 26.1 Å². The molecule has 0 rings (SSSR count). The van der Waals surface area contributed by atoms with Crippen molar-refractivity contribution < 1.29 is 4.79 Å². The maximum atomic E-state index is 11.5. The standard InChI is InChI=1S/C13H23N3O/c1-4-6-8-11(15-3)9-10-16-13(17)12(14)7-5-2/h4,6,8,12H,3,5,7,9-10,14H2,1-2H3,(H,16,17)/b6-4-,11-8-/t12-/m0/s1. The van der Waals surface area contributed by atoms with Crippen LogP contribution in [-0.4, -0.2) is 25.2 Å². The van der Waals surface area contributed by atoms with Gasteiger partial charge in [0.15, 0.2) is 0 Å². The van der Waals surface area contributed by atoms with Crippen LogP contribution in [0.4, 0.5) is 0 Å². The number of aliphatic imine (C=N–C) groups is 1. The van der Waals surface area contributed by atoms with Gasteiger partial charge in [0.2, 0.25) is 5.91 Å². The molecule has 4 heteroatoms. The Bertz CT molecular complexity index is 295. The maximum Gasteiger partial charge on any atom is 0.236 e. The van der Waals surface area contributed by atoms with Gasteiger partial charge in [-0.1, -0.05) is 25.5 Å². The van der Waals surface area contributed by atoms with Gasteiger partial charge in [-0.25, -0.2) is 0 Å². The number of amides is 1. The Morgan fingerprint density at radius 1 is 1.59 bits per heavy atom. The van der Waals surface area contributed by atoms with Gasteiger partial charge in [-0.3, -0.25) is 9.79 Å². The number of nitrogens with two attached hydrogens (primary N) is 1. The Kier molecular flexibility index (Phi) is 8.96. The molecule has 1 atom stereocenters. The molecule has 17 heavy (non-hydrogen) atoms. The van der Waals surface area contributed by atoms with Crippen LogP contribution in [-0.2, 0) is 4.79 Å². The summed E-state index contributed by atoms with van der Waals surface area (Å²) in [6.45, 7) is 7.97. The fourth-order valence-corrected chi connectivity index (χ4v) is 1.31. The number of rotatable bonds is 8. The topological polar surface area (TPSA) is 67.5 Å². The van der Waals surface area contributed by atoms with E-state index in [0.29, 0.717) is 19.4 Å². The van der Waals surface area contributed by atoms with Gasteiger partial charge in [-0.15, -0.1) is 0 Å². The molecule has 0 heterocycles. The zero-order valence-corrected chi connectivity index (χ0v) is 10.8.